The predicted molar refractivity (Wildman–Crippen MR) is 100 cm³/mol. The van der Waals surface area contributed by atoms with Crippen molar-refractivity contribution < 1.29 is 9.59 Å². The molecule has 1 aromatic heterocycles. The predicted octanol–water partition coefficient (Wildman–Crippen LogP) is 1.35. The van der Waals surface area contributed by atoms with Gasteiger partial charge in [-0.05, 0) is 32.1 Å². The molecule has 0 unspecified atom stereocenters. The van der Waals surface area contributed by atoms with Crippen LogP contribution < -0.4 is 5.56 Å². The van der Waals surface area contributed by atoms with Gasteiger partial charge in [-0.25, -0.2) is 4.98 Å². The number of rotatable bonds is 2. The van der Waals surface area contributed by atoms with E-state index in [9.17, 15) is 14.4 Å². The van der Waals surface area contributed by atoms with Crippen LogP contribution in [0.4, 0.5) is 0 Å². The lowest BCUT2D eigenvalue weighted by molar-refractivity contribution is -0.134. The number of fused-ring (bicyclic) bond motifs is 1. The summed E-state index contributed by atoms with van der Waals surface area (Å²) in [6, 6.07) is 0. The number of hydrogen-bond donors (Lipinski definition) is 1. The topological polar surface area (TPSA) is 86.4 Å². The standard InChI is InChI=1S/C20H26N4O3/c1-13(25)23-10-8-16-17(12-23)21-18(22-19(16)26)15-7-9-24(11-15)20(27)14-5-3-2-4-6-14/h2-3,14-15H,4-12H2,1H3,(H,21,22,26)/t14-,15+/m0/s1. The zero-order chi connectivity index (χ0) is 19.0. The molecule has 27 heavy (non-hydrogen) atoms. The normalized spacial score (nSPS) is 24.8. The van der Waals surface area contributed by atoms with Crippen LogP contribution in [0.25, 0.3) is 0 Å². The first-order chi connectivity index (χ1) is 13.0. The number of aromatic nitrogens is 2. The van der Waals surface area contributed by atoms with Gasteiger partial charge < -0.3 is 14.8 Å². The maximum absolute atomic E-state index is 12.8. The van der Waals surface area contributed by atoms with Crippen molar-refractivity contribution in [2.75, 3.05) is 19.6 Å². The van der Waals surface area contributed by atoms with Gasteiger partial charge in [-0.15, -0.1) is 0 Å². The molecule has 1 saturated heterocycles. The molecule has 0 spiro atoms. The molecule has 2 atom stereocenters. The number of allylic oxidation sites excluding steroid dienone is 2. The molecule has 3 heterocycles. The van der Waals surface area contributed by atoms with E-state index in [0.29, 0.717) is 49.7 Å². The van der Waals surface area contributed by atoms with Gasteiger partial charge in [0.15, 0.2) is 0 Å². The van der Waals surface area contributed by atoms with Gasteiger partial charge in [0.2, 0.25) is 11.8 Å². The first-order valence-electron chi connectivity index (χ1n) is 9.84. The number of carbonyl (C=O) groups excluding carboxylic acids is 2. The van der Waals surface area contributed by atoms with E-state index in [4.69, 9.17) is 4.98 Å². The molecule has 2 aliphatic heterocycles. The van der Waals surface area contributed by atoms with Crippen LogP contribution in [0.1, 0.15) is 55.6 Å². The monoisotopic (exact) mass is 370 g/mol. The van der Waals surface area contributed by atoms with Crippen molar-refractivity contribution in [2.45, 2.75) is 51.5 Å². The van der Waals surface area contributed by atoms with E-state index in [1.165, 1.54) is 0 Å². The molecule has 144 valence electrons. The van der Waals surface area contributed by atoms with Crippen molar-refractivity contribution in [3.05, 3.63) is 39.6 Å². The Bertz CT molecular complexity index is 844. The number of H-pyrrole nitrogens is 1. The molecule has 1 fully saturated rings. The highest BCUT2D eigenvalue weighted by Crippen LogP contribution is 2.29. The number of nitrogens with zero attached hydrogens (tertiary/aromatic N) is 3. The van der Waals surface area contributed by atoms with E-state index in [1.807, 2.05) is 4.90 Å². The molecule has 3 aliphatic rings. The molecule has 1 N–H and O–H groups in total. The van der Waals surface area contributed by atoms with Crippen LogP contribution in [0.15, 0.2) is 16.9 Å². The van der Waals surface area contributed by atoms with E-state index in [2.05, 4.69) is 17.1 Å². The second kappa shape index (κ2) is 7.29. The van der Waals surface area contributed by atoms with E-state index in [-0.39, 0.29) is 29.2 Å². The number of amides is 2. The summed E-state index contributed by atoms with van der Waals surface area (Å²) < 4.78 is 0. The summed E-state index contributed by atoms with van der Waals surface area (Å²) >= 11 is 0. The Kier molecular flexibility index (Phi) is 4.85. The van der Waals surface area contributed by atoms with Crippen molar-refractivity contribution >= 4 is 11.8 Å². The maximum atomic E-state index is 12.8. The van der Waals surface area contributed by atoms with E-state index < -0.39 is 0 Å². The second-order valence-corrected chi connectivity index (χ2v) is 7.82. The second-order valence-electron chi connectivity index (χ2n) is 7.82. The smallest absolute Gasteiger partial charge is 0.254 e. The summed E-state index contributed by atoms with van der Waals surface area (Å²) in [7, 11) is 0. The van der Waals surface area contributed by atoms with Crippen LogP contribution in [-0.4, -0.2) is 51.2 Å². The van der Waals surface area contributed by atoms with Gasteiger partial charge in [-0.3, -0.25) is 14.4 Å². The fraction of sp³-hybridized carbons (Fsp3) is 0.600. The lowest BCUT2D eigenvalue weighted by atomic mass is 9.93. The molecule has 0 aromatic carbocycles. The lowest BCUT2D eigenvalue weighted by Gasteiger charge is -2.27. The van der Waals surface area contributed by atoms with E-state index in [1.54, 1.807) is 11.8 Å². The Hall–Kier alpha value is -2.44. The first-order valence-corrected chi connectivity index (χ1v) is 9.84. The lowest BCUT2D eigenvalue weighted by Crippen LogP contribution is -2.38. The largest absolute Gasteiger partial charge is 0.342 e. The van der Waals surface area contributed by atoms with Crippen molar-refractivity contribution in [3.63, 3.8) is 0 Å². The summed E-state index contributed by atoms with van der Waals surface area (Å²) in [6.45, 7) is 3.82. The SMILES string of the molecule is CC(=O)N1CCc2c(nc([C@@H]3CCN(C(=O)[C@H]4CC=CCC4)C3)[nH]c2=O)C1. The van der Waals surface area contributed by atoms with Crippen LogP contribution in [0.3, 0.4) is 0 Å². The first kappa shape index (κ1) is 17.9. The summed E-state index contributed by atoms with van der Waals surface area (Å²) in [5, 5.41) is 0. The molecule has 4 rings (SSSR count). The van der Waals surface area contributed by atoms with Gasteiger partial charge >= 0.3 is 0 Å². The molecule has 2 amide bonds. The molecule has 0 radical (unpaired) electrons. The average molecular weight is 370 g/mol. The highest BCUT2D eigenvalue weighted by atomic mass is 16.2. The molecular weight excluding hydrogens is 344 g/mol. The summed E-state index contributed by atoms with van der Waals surface area (Å²) in [5.41, 5.74) is 1.30. The molecule has 7 heteroatoms. The van der Waals surface area contributed by atoms with Gasteiger partial charge in [0.25, 0.3) is 5.56 Å². The van der Waals surface area contributed by atoms with Crippen LogP contribution in [0.2, 0.25) is 0 Å². The van der Waals surface area contributed by atoms with Gasteiger partial charge in [-0.1, -0.05) is 12.2 Å². The minimum absolute atomic E-state index is 0.00320. The maximum Gasteiger partial charge on any atom is 0.254 e. The van der Waals surface area contributed by atoms with Crippen LogP contribution in [0, 0.1) is 5.92 Å². The van der Waals surface area contributed by atoms with Crippen molar-refractivity contribution in [1.29, 1.82) is 0 Å². The molecule has 1 aliphatic carbocycles. The Morgan fingerprint density at radius 2 is 2.04 bits per heavy atom. The van der Waals surface area contributed by atoms with E-state index >= 15 is 0 Å². The number of carbonyl (C=O) groups is 2. The fourth-order valence-electron chi connectivity index (χ4n) is 4.38. The van der Waals surface area contributed by atoms with Gasteiger partial charge in [-0.2, -0.15) is 0 Å². The van der Waals surface area contributed by atoms with Crippen LogP contribution in [0.5, 0.6) is 0 Å². The zero-order valence-electron chi connectivity index (χ0n) is 15.7. The third kappa shape index (κ3) is 3.55. The minimum atomic E-state index is -0.0969. The molecular formula is C20H26N4O3. The fourth-order valence-corrected chi connectivity index (χ4v) is 4.38. The average Bonchev–Trinajstić information content (AvgIpc) is 3.17. The molecule has 0 saturated carbocycles. The number of likely N-dealkylation sites (tertiary alicyclic amines) is 1. The van der Waals surface area contributed by atoms with Gasteiger partial charge in [0.1, 0.15) is 5.82 Å². The Labute approximate surface area is 158 Å². The van der Waals surface area contributed by atoms with Crippen LogP contribution in [-0.2, 0) is 22.6 Å². The summed E-state index contributed by atoms with van der Waals surface area (Å²) in [5.74, 6) is 1.03. The van der Waals surface area contributed by atoms with Crippen molar-refractivity contribution in [1.82, 2.24) is 19.8 Å². The molecule has 7 nitrogen and oxygen atoms in total. The third-order valence-corrected chi connectivity index (χ3v) is 6.04. The number of hydrogen-bond acceptors (Lipinski definition) is 4. The van der Waals surface area contributed by atoms with Gasteiger partial charge in [0, 0.05) is 44.0 Å². The highest BCUT2D eigenvalue weighted by molar-refractivity contribution is 5.79. The number of aromatic amines is 1. The highest BCUT2D eigenvalue weighted by Gasteiger charge is 2.33. The van der Waals surface area contributed by atoms with Crippen molar-refractivity contribution in [2.24, 2.45) is 5.92 Å². The number of nitrogens with one attached hydrogen (secondary N) is 1. The minimum Gasteiger partial charge on any atom is -0.342 e. The van der Waals surface area contributed by atoms with E-state index in [0.717, 1.165) is 25.7 Å². The quantitative estimate of drug-likeness (QED) is 0.796. The Morgan fingerprint density at radius 1 is 1.19 bits per heavy atom. The van der Waals surface area contributed by atoms with Crippen LogP contribution >= 0.6 is 0 Å². The van der Waals surface area contributed by atoms with Crippen molar-refractivity contribution in [3.8, 4) is 0 Å². The van der Waals surface area contributed by atoms with Gasteiger partial charge in [0.05, 0.1) is 12.2 Å². The Morgan fingerprint density at radius 3 is 2.78 bits per heavy atom. The zero-order valence-corrected chi connectivity index (χ0v) is 15.7. The Balaban J connectivity index is 1.50. The molecule has 1 aromatic rings. The summed E-state index contributed by atoms with van der Waals surface area (Å²) in [6.07, 6.45) is 8.32. The molecule has 0 bridgehead atoms. The summed E-state index contributed by atoms with van der Waals surface area (Å²) in [4.78, 5) is 48.2. The third-order valence-electron chi connectivity index (χ3n) is 6.04.